The largest absolute Gasteiger partial charge is 0.493 e. The smallest absolute Gasteiger partial charge is 0.414 e. The number of fused-ring (bicyclic) bond motifs is 2. The van der Waals surface area contributed by atoms with Gasteiger partial charge < -0.3 is 105 Å². The number of carbonyl (C=O) groups excluding carboxylic acids is 14. The van der Waals surface area contributed by atoms with E-state index in [0.29, 0.717) is 94.9 Å². The first kappa shape index (κ1) is 97.3. The monoisotopic (exact) mass is 1780 g/mol. The molecule has 0 radical (unpaired) electrons. The van der Waals surface area contributed by atoms with Crippen molar-refractivity contribution in [2.45, 2.75) is 166 Å². The second kappa shape index (κ2) is 47.6. The Kier molecular flexibility index (Phi) is 36.1. The van der Waals surface area contributed by atoms with E-state index in [9.17, 15) is 67.1 Å². The first-order chi connectivity index (χ1) is 61.5. The van der Waals surface area contributed by atoms with E-state index < -0.39 is 133 Å². The molecule has 9 aliphatic rings. The van der Waals surface area contributed by atoms with Gasteiger partial charge in [-0.25, -0.2) is 9.59 Å². The summed E-state index contributed by atoms with van der Waals surface area (Å²) in [5, 5.41) is 24.6. The van der Waals surface area contributed by atoms with Crippen molar-refractivity contribution < 1.29 is 114 Å². The molecule has 14 amide bonds. The van der Waals surface area contributed by atoms with E-state index in [1.165, 1.54) is 63.2 Å². The third kappa shape index (κ3) is 27.1. The van der Waals surface area contributed by atoms with Crippen molar-refractivity contribution in [2.75, 3.05) is 141 Å². The van der Waals surface area contributed by atoms with Crippen molar-refractivity contribution in [2.24, 2.45) is 0 Å². The Morgan fingerprint density at radius 2 is 1.04 bits per heavy atom. The summed E-state index contributed by atoms with van der Waals surface area (Å²) >= 11 is 0. The van der Waals surface area contributed by atoms with E-state index >= 15 is 0 Å². The van der Waals surface area contributed by atoms with E-state index in [4.69, 9.17) is 47.4 Å². The maximum absolute atomic E-state index is 14.8. The first-order valence-electron chi connectivity index (χ1n) is 42.7. The number of benzene rings is 4. The van der Waals surface area contributed by atoms with E-state index in [2.05, 4.69) is 67.6 Å². The van der Waals surface area contributed by atoms with E-state index in [1.54, 1.807) is 71.5 Å². The number of carbonyl (C=O) groups is 14. The molecule has 38 heteroatoms. The predicted octanol–water partition coefficient (Wildman–Crippen LogP) is 5.52. The number of methoxy groups -OCH3 is 4. The molecule has 0 aliphatic carbocycles. The molecule has 38 nitrogen and oxygen atoms in total. The summed E-state index contributed by atoms with van der Waals surface area (Å²) in [5.41, 5.74) is 4.39. The van der Waals surface area contributed by atoms with E-state index in [0.717, 1.165) is 28.2 Å². The number of nitrogens with zero attached hydrogens (tertiary/aromatic N) is 5. The fourth-order valence-corrected chi connectivity index (χ4v) is 15.2. The minimum absolute atomic E-state index is 0.00166. The molecule has 8 bridgehead atoms. The fraction of sp³-hybridized carbons (Fsp3) is 0.489. The summed E-state index contributed by atoms with van der Waals surface area (Å²) in [6.07, 6.45) is 2.20. The van der Waals surface area contributed by atoms with Crippen LogP contribution >= 0.6 is 0 Å². The average molecular weight is 1780 g/mol. The Bertz CT molecular complexity index is 4750. The number of nitrogens with one attached hydrogen (secondary N) is 9. The average Bonchev–Trinajstić information content (AvgIpc) is 1.60. The van der Waals surface area contributed by atoms with Gasteiger partial charge >= 0.3 is 12.2 Å². The van der Waals surface area contributed by atoms with Crippen molar-refractivity contribution in [3.05, 3.63) is 144 Å². The van der Waals surface area contributed by atoms with Crippen molar-refractivity contribution in [1.29, 1.82) is 0 Å². The summed E-state index contributed by atoms with van der Waals surface area (Å²) in [6, 6.07) is 9.86. The highest BCUT2D eigenvalue weighted by molar-refractivity contribution is 6.13. The number of unbranched alkanes of at least 4 members (excludes halogenated alkanes) is 2. The molecule has 1 unspecified atom stereocenters. The molecule has 8 atom stereocenters. The molecule has 4 aromatic rings. The molecular formula is C90H116N14O24. The minimum Gasteiger partial charge on any atom is -0.493 e. The maximum Gasteiger partial charge on any atom is 0.414 e. The molecule has 2 saturated heterocycles. The van der Waals surface area contributed by atoms with Crippen LogP contribution in [0.25, 0.3) is 0 Å². The predicted molar refractivity (Wildman–Crippen MR) is 467 cm³/mol. The lowest BCUT2D eigenvalue weighted by atomic mass is 10.0. The Hall–Kier alpha value is -12.9. The molecule has 0 saturated carbocycles. The van der Waals surface area contributed by atoms with Gasteiger partial charge in [-0.15, -0.1) is 0 Å². The lowest BCUT2D eigenvalue weighted by molar-refractivity contribution is -0.138. The third-order valence-electron chi connectivity index (χ3n) is 22.2. The normalized spacial score (nSPS) is 21.3. The van der Waals surface area contributed by atoms with Crippen LogP contribution in [-0.2, 0) is 89.6 Å². The standard InChI is InChI=1S/C90H116N14O24/c1-54-42-64-51-103-71-47-75(73(121-9)44-65(71)87(115)101(64)49-54)125-34-15-35-126-76-48-72-66(45-74(76)122-10)88(116)102-50-55(2)43-70(102)59(6)104(72)90(118)128-53-61-20-24-63(25-21-61)96-85(113)68(16-11-13-31-91-56(3)29-36-123-40-38-119-7)99-83(111)58(5)94-86(114)69(97-78(106)28-33-100-80(108)26-27-81(100)109)46-79(107)93-57(4)82(110)98-67(17-12-14-32-92-77(105)30-37-124-41-39-120-8)84(112)95-62-22-18-60(19-23-62)52-127-89(103)117/h18-27,44-45,47-48,57-59,64,67-70,91H,1-3,11-17,28-43,46,49-53H2,4-10H3,(H,92,105)(H,93,107)(H,94,114)(H,95,112)(H,96,113)(H,97,106)(H,98,110)(H,99,111)/t57-,58-,59?,64-,67-,68-,69+,70-/m0/s1. The van der Waals surface area contributed by atoms with Gasteiger partial charge in [-0.05, 0) is 120 Å². The molecule has 0 spiro atoms. The lowest BCUT2D eigenvalue weighted by Gasteiger charge is -2.33. The molecule has 0 aromatic heterocycles. The highest BCUT2D eigenvalue weighted by Gasteiger charge is 2.46. The Balaban J connectivity index is 0.927. The lowest BCUT2D eigenvalue weighted by Crippen LogP contribution is -2.56. The molecule has 9 N–H and O–H groups in total. The van der Waals surface area contributed by atoms with Crippen molar-refractivity contribution in [1.82, 2.24) is 51.9 Å². The Morgan fingerprint density at radius 1 is 0.523 bits per heavy atom. The van der Waals surface area contributed by atoms with Gasteiger partial charge in [-0.1, -0.05) is 55.1 Å². The summed E-state index contributed by atoms with van der Waals surface area (Å²) in [7, 11) is 5.93. The van der Waals surface area contributed by atoms with Gasteiger partial charge in [0.25, 0.3) is 23.6 Å². The van der Waals surface area contributed by atoms with Gasteiger partial charge in [0.1, 0.15) is 43.4 Å². The zero-order valence-corrected chi connectivity index (χ0v) is 73.4. The number of imide groups is 1. The Labute approximate surface area is 742 Å². The molecule has 128 heavy (non-hydrogen) atoms. The van der Waals surface area contributed by atoms with Crippen LogP contribution in [0, 0.1) is 0 Å². The number of hydrogen-bond acceptors (Lipinski definition) is 25. The van der Waals surface area contributed by atoms with Crippen molar-refractivity contribution in [3.63, 3.8) is 0 Å². The molecule has 9 aliphatic heterocycles. The topological polar surface area (TPSA) is 456 Å². The minimum atomic E-state index is -1.79. The van der Waals surface area contributed by atoms with Gasteiger partial charge in [0.2, 0.25) is 47.3 Å². The van der Waals surface area contributed by atoms with Gasteiger partial charge in [0.15, 0.2) is 23.0 Å². The summed E-state index contributed by atoms with van der Waals surface area (Å²) < 4.78 is 57.5. The number of hydrogen-bond donors (Lipinski definition) is 9. The Morgan fingerprint density at radius 3 is 1.61 bits per heavy atom. The number of amides is 14. The zero-order chi connectivity index (χ0) is 92.1. The van der Waals surface area contributed by atoms with Crippen LogP contribution in [0.15, 0.2) is 122 Å². The summed E-state index contributed by atoms with van der Waals surface area (Å²) in [4.78, 5) is 203. The highest BCUT2D eigenvalue weighted by Crippen LogP contribution is 2.44. The molecule has 13 rings (SSSR count). The van der Waals surface area contributed by atoms with Crippen LogP contribution in [-0.4, -0.2) is 267 Å². The van der Waals surface area contributed by atoms with Crippen LogP contribution in [0.3, 0.4) is 0 Å². The maximum atomic E-state index is 14.8. The quantitative estimate of drug-likeness (QED) is 0.0183. The summed E-state index contributed by atoms with van der Waals surface area (Å²) in [5.74, 6) is -7.76. The van der Waals surface area contributed by atoms with Crippen LogP contribution in [0.1, 0.15) is 136 Å². The van der Waals surface area contributed by atoms with Crippen molar-refractivity contribution >= 4 is 106 Å². The van der Waals surface area contributed by atoms with Crippen LogP contribution < -0.4 is 76.6 Å². The second-order valence-corrected chi connectivity index (χ2v) is 31.7. The summed E-state index contributed by atoms with van der Waals surface area (Å²) in [6.45, 7) is 19.0. The van der Waals surface area contributed by atoms with E-state index in [1.807, 2.05) is 6.92 Å². The zero-order valence-electron chi connectivity index (χ0n) is 73.4. The van der Waals surface area contributed by atoms with Crippen LogP contribution in [0.2, 0.25) is 0 Å². The molecule has 4 aromatic carbocycles. The van der Waals surface area contributed by atoms with Crippen LogP contribution in [0.5, 0.6) is 23.0 Å². The van der Waals surface area contributed by atoms with Gasteiger partial charge in [0.05, 0.1) is 121 Å². The molecule has 9 heterocycles. The number of rotatable bonds is 29. The van der Waals surface area contributed by atoms with Crippen LogP contribution in [0.4, 0.5) is 32.3 Å². The SMILES string of the molecule is C=C1C[C@H]2CN3C(=O)OCc4ccc(cc4)NC(=O)[C@H](CCCCNC(=O)CCOCCOC)NC(=O)[C@H](C)NC(=O)C[C@@H](NC(=O)CCN4C(=O)C=CC4=O)C(=O)N[C@@H](C)C(=O)N[C@@H](CCCCNC(=C)CCOCCOC)C(=O)Nc4ccc(cc4)COC(=O)N4c5cc(c(OC)cc5C(=O)N5CC(=C)C[C@H]5C4C)OCCCOc4cc3c(cc4OC)C(=O)N2C1. The highest BCUT2D eigenvalue weighted by atomic mass is 16.6. The molecule has 690 valence electrons. The fourth-order valence-electron chi connectivity index (χ4n) is 15.2. The second-order valence-electron chi connectivity index (χ2n) is 31.7. The molecular weight excluding hydrogens is 1660 g/mol. The van der Waals surface area contributed by atoms with Gasteiger partial charge in [0, 0.05) is 114 Å². The third-order valence-corrected chi connectivity index (χ3v) is 22.2. The van der Waals surface area contributed by atoms with Crippen molar-refractivity contribution in [3.8, 4) is 23.0 Å². The van der Waals surface area contributed by atoms with Gasteiger partial charge in [-0.2, -0.15) is 0 Å². The first-order valence-corrected chi connectivity index (χ1v) is 42.7. The van der Waals surface area contributed by atoms with Gasteiger partial charge in [-0.3, -0.25) is 72.2 Å². The molecule has 2 fully saturated rings. The number of ether oxygens (including phenoxy) is 10. The number of anilines is 4. The van der Waals surface area contributed by atoms with E-state index in [-0.39, 0.29) is 166 Å².